The smallest absolute Gasteiger partial charge is 0.257 e. The van der Waals surface area contributed by atoms with Crippen LogP contribution in [-0.2, 0) is 22.6 Å². The molecule has 6 rings (SSSR count). The fourth-order valence-corrected chi connectivity index (χ4v) is 7.23. The van der Waals surface area contributed by atoms with Crippen LogP contribution in [0, 0.1) is 23.1 Å². The third kappa shape index (κ3) is 5.21. The Labute approximate surface area is 262 Å². The van der Waals surface area contributed by atoms with Crippen molar-refractivity contribution < 1.29 is 24.1 Å². The van der Waals surface area contributed by atoms with Crippen molar-refractivity contribution in [3.05, 3.63) is 105 Å². The molecule has 0 spiro atoms. The summed E-state index contributed by atoms with van der Waals surface area (Å²) in [6, 6.07) is 18.9. The molecule has 2 heterocycles. The number of halogens is 2. The highest BCUT2D eigenvalue weighted by atomic mass is 35.5. The van der Waals surface area contributed by atoms with E-state index in [2.05, 4.69) is 18.0 Å². The van der Waals surface area contributed by atoms with E-state index in [-0.39, 0.29) is 23.6 Å². The minimum absolute atomic E-state index is 0.0684. The van der Waals surface area contributed by atoms with Gasteiger partial charge in [-0.25, -0.2) is 4.39 Å². The lowest BCUT2D eigenvalue weighted by Crippen LogP contribution is -2.51. The van der Waals surface area contributed by atoms with Crippen LogP contribution in [0.5, 0.6) is 0 Å². The van der Waals surface area contributed by atoms with Gasteiger partial charge in [0.25, 0.3) is 5.91 Å². The van der Waals surface area contributed by atoms with E-state index in [1.807, 2.05) is 6.92 Å². The van der Waals surface area contributed by atoms with E-state index in [4.69, 9.17) is 16.3 Å². The van der Waals surface area contributed by atoms with Crippen LogP contribution in [0.2, 0.25) is 5.02 Å². The van der Waals surface area contributed by atoms with Crippen molar-refractivity contribution >= 4 is 17.5 Å². The Kier molecular flexibility index (Phi) is 8.29. The Morgan fingerprint density at radius 1 is 1.11 bits per heavy atom. The van der Waals surface area contributed by atoms with E-state index >= 15 is 4.39 Å². The average molecular weight is 618 g/mol. The van der Waals surface area contributed by atoms with Crippen molar-refractivity contribution in [1.29, 1.82) is 5.26 Å². The first kappa shape index (κ1) is 30.7. The molecule has 3 aliphatic rings. The third-order valence-corrected chi connectivity index (χ3v) is 10.0. The minimum Gasteiger partial charge on any atom is -0.393 e. The molecule has 2 aliphatic heterocycles. The molecule has 1 amide bonds. The predicted molar refractivity (Wildman–Crippen MR) is 164 cm³/mol. The van der Waals surface area contributed by atoms with Crippen LogP contribution in [-0.4, -0.2) is 58.3 Å². The molecule has 1 saturated carbocycles. The highest BCUT2D eigenvalue weighted by Crippen LogP contribution is 2.51. The molecule has 9 heteroatoms. The Balaban J connectivity index is 1.53. The fourth-order valence-electron chi connectivity index (χ4n) is 7.10. The van der Waals surface area contributed by atoms with Crippen LogP contribution in [0.3, 0.4) is 0 Å². The number of piperidine rings is 1. The van der Waals surface area contributed by atoms with Crippen molar-refractivity contribution in [3.63, 3.8) is 0 Å². The number of carbonyl (C=O) groups excluding carboxylic acids is 1. The number of rotatable bonds is 8. The summed E-state index contributed by atoms with van der Waals surface area (Å²) >= 11 is 6.27. The van der Waals surface area contributed by atoms with Gasteiger partial charge in [0, 0.05) is 17.1 Å². The van der Waals surface area contributed by atoms with Gasteiger partial charge in [0.15, 0.2) is 0 Å². The van der Waals surface area contributed by atoms with Crippen LogP contribution < -0.4 is 0 Å². The number of ether oxygens (including phenoxy) is 1. The highest BCUT2D eigenvalue weighted by molar-refractivity contribution is 6.30. The number of likely N-dealkylation sites (tertiary alicyclic amines) is 1. The first-order valence-electron chi connectivity index (χ1n) is 15.3. The zero-order valence-corrected chi connectivity index (χ0v) is 25.7. The maximum absolute atomic E-state index is 16.9. The van der Waals surface area contributed by atoms with Crippen LogP contribution in [0.25, 0.3) is 0 Å². The summed E-state index contributed by atoms with van der Waals surface area (Å²) in [6.07, 6.45) is 1.66. The van der Waals surface area contributed by atoms with Crippen LogP contribution in [0.1, 0.15) is 77.2 Å². The van der Waals surface area contributed by atoms with Crippen LogP contribution in [0.4, 0.5) is 4.39 Å². The van der Waals surface area contributed by atoms with Gasteiger partial charge in [-0.2, -0.15) is 5.26 Å². The van der Waals surface area contributed by atoms with Gasteiger partial charge >= 0.3 is 0 Å². The molecule has 3 aromatic rings. The number of aliphatic hydroxyl groups excluding tert-OH is 1. The number of aliphatic hydroxyl groups is 2. The first-order chi connectivity index (χ1) is 21.1. The molecule has 2 atom stereocenters. The van der Waals surface area contributed by atoms with E-state index < -0.39 is 35.3 Å². The largest absolute Gasteiger partial charge is 0.393 e. The average Bonchev–Trinajstić information content (AvgIpc) is 3.24. The maximum atomic E-state index is 16.9. The Bertz CT molecular complexity index is 1580. The number of benzene rings is 3. The molecule has 2 N–H and O–H groups in total. The molecule has 0 radical (unpaired) electrons. The van der Waals surface area contributed by atoms with Crippen molar-refractivity contribution in [2.45, 2.75) is 69.1 Å². The van der Waals surface area contributed by atoms with E-state index in [1.165, 1.54) is 11.0 Å². The molecule has 0 aromatic heterocycles. The van der Waals surface area contributed by atoms with Crippen molar-refractivity contribution in [1.82, 2.24) is 9.80 Å². The molecular formula is C35H37ClFN3O4. The molecule has 7 nitrogen and oxygen atoms in total. The van der Waals surface area contributed by atoms with Gasteiger partial charge in [-0.05, 0) is 106 Å². The number of hydrogen-bond donors (Lipinski definition) is 2. The number of nitrogens with zero attached hydrogens (tertiary/aromatic N) is 3. The molecule has 2 fully saturated rings. The lowest BCUT2D eigenvalue weighted by molar-refractivity contribution is -0.190. The third-order valence-electron chi connectivity index (χ3n) is 9.78. The summed E-state index contributed by atoms with van der Waals surface area (Å²) in [5.74, 6) is -1.15. The fraction of sp³-hybridized carbons (Fsp3) is 0.429. The first-order valence-corrected chi connectivity index (χ1v) is 15.6. The van der Waals surface area contributed by atoms with E-state index in [0.29, 0.717) is 41.0 Å². The second-order valence-corrected chi connectivity index (χ2v) is 12.9. The van der Waals surface area contributed by atoms with E-state index in [9.17, 15) is 20.3 Å². The van der Waals surface area contributed by atoms with E-state index in [1.54, 1.807) is 54.6 Å². The van der Waals surface area contributed by atoms with Crippen LogP contribution in [0.15, 0.2) is 60.7 Å². The number of hydrogen-bond acceptors (Lipinski definition) is 6. The summed E-state index contributed by atoms with van der Waals surface area (Å²) < 4.78 is 23.6. The van der Waals surface area contributed by atoms with E-state index in [0.717, 1.165) is 31.5 Å². The van der Waals surface area contributed by atoms with Gasteiger partial charge < -0.3 is 19.8 Å². The molecule has 44 heavy (non-hydrogen) atoms. The van der Waals surface area contributed by atoms with Crippen molar-refractivity contribution in [2.75, 3.05) is 20.1 Å². The van der Waals surface area contributed by atoms with Gasteiger partial charge in [0.2, 0.25) is 5.72 Å². The second kappa shape index (κ2) is 11.9. The zero-order chi connectivity index (χ0) is 31.2. The van der Waals surface area contributed by atoms with Crippen LogP contribution >= 0.6 is 11.6 Å². The lowest BCUT2D eigenvalue weighted by atomic mass is 9.73. The lowest BCUT2D eigenvalue weighted by Gasteiger charge is -2.45. The van der Waals surface area contributed by atoms with Gasteiger partial charge in [-0.1, -0.05) is 42.8 Å². The molecule has 230 valence electrons. The second-order valence-electron chi connectivity index (χ2n) is 12.5. The summed E-state index contributed by atoms with van der Waals surface area (Å²) in [4.78, 5) is 18.3. The number of amides is 1. The number of carbonyl (C=O) groups is 1. The predicted octanol–water partition coefficient (Wildman–Crippen LogP) is 5.69. The molecular weight excluding hydrogens is 581 g/mol. The molecule has 1 aliphatic carbocycles. The molecule has 3 aromatic carbocycles. The quantitative estimate of drug-likeness (QED) is 0.337. The molecule has 1 saturated heterocycles. The summed E-state index contributed by atoms with van der Waals surface area (Å²) in [5, 5.41) is 32.0. The minimum atomic E-state index is -1.66. The Morgan fingerprint density at radius 2 is 1.77 bits per heavy atom. The summed E-state index contributed by atoms with van der Waals surface area (Å²) in [7, 11) is 2.05. The Hall–Kier alpha value is -3.32. The normalized spacial score (nSPS) is 25.3. The van der Waals surface area contributed by atoms with Gasteiger partial charge in [0.05, 0.1) is 40.6 Å². The van der Waals surface area contributed by atoms with Gasteiger partial charge in [-0.3, -0.25) is 9.69 Å². The summed E-state index contributed by atoms with van der Waals surface area (Å²) in [5.41, 5.74) is -0.598. The highest BCUT2D eigenvalue weighted by Gasteiger charge is 2.57. The SMILES string of the molecule is CC[C@@](O)(c1cc(F)c2c(c1)C(=O)N(Cc1ccc(C#N)cc1)[C@@]2(O[C@H]1C[C@@H](O)C1)c1ccc(Cl)cc1)C1CCN(C)CC1. The molecule has 0 bridgehead atoms. The molecule has 0 unspecified atom stereocenters. The van der Waals surface area contributed by atoms with Gasteiger partial charge in [-0.15, -0.1) is 0 Å². The standard InChI is InChI=1S/C35H37ClFN3O4/c1-3-34(43,24-12-14-39(2)15-13-24)26-16-30-32(31(37)17-26)35(44-29-18-28(41)19-29,25-8-10-27(36)11-9-25)40(33(30)42)21-23-6-4-22(20-38)5-7-23/h4-11,16-17,24,28-29,41,43H,3,12-15,18-19,21H2,1-2H3/t28-,29+,34-,35+/m0/s1. The number of nitriles is 1. The topological polar surface area (TPSA) is 97.0 Å². The van der Waals surface area contributed by atoms with Gasteiger partial charge in [0.1, 0.15) is 5.82 Å². The number of fused-ring (bicyclic) bond motifs is 1. The monoisotopic (exact) mass is 617 g/mol. The van der Waals surface area contributed by atoms with Crippen molar-refractivity contribution in [3.8, 4) is 6.07 Å². The zero-order valence-electron chi connectivity index (χ0n) is 25.0. The summed E-state index contributed by atoms with van der Waals surface area (Å²) in [6.45, 7) is 3.63. The van der Waals surface area contributed by atoms with Crippen molar-refractivity contribution in [2.24, 2.45) is 5.92 Å². The maximum Gasteiger partial charge on any atom is 0.257 e. The Morgan fingerprint density at radius 3 is 2.36 bits per heavy atom.